The highest BCUT2D eigenvalue weighted by Crippen LogP contribution is 2.14. The Bertz CT molecular complexity index is 1690. The van der Waals surface area contributed by atoms with Crippen LogP contribution in [-0.2, 0) is 28.6 Å². The molecule has 0 aromatic heterocycles. The smallest absolute Gasteiger partial charge is 0.306 e. The van der Waals surface area contributed by atoms with Crippen LogP contribution in [0.15, 0.2) is 158 Å². The predicted octanol–water partition coefficient (Wildman–Crippen LogP) is 20.1. The van der Waals surface area contributed by atoms with Crippen molar-refractivity contribution in [3.05, 3.63) is 158 Å². The number of ether oxygens (including phenoxy) is 3. The molecule has 0 fully saturated rings. The van der Waals surface area contributed by atoms with Crippen molar-refractivity contribution >= 4 is 17.9 Å². The zero-order valence-corrected chi connectivity index (χ0v) is 47.3. The highest BCUT2D eigenvalue weighted by molar-refractivity contribution is 5.71. The molecule has 0 bridgehead atoms. The summed E-state index contributed by atoms with van der Waals surface area (Å²) in [7, 11) is 0. The Labute approximate surface area is 454 Å². The molecule has 0 aromatic carbocycles. The summed E-state index contributed by atoms with van der Waals surface area (Å²) in [5.41, 5.74) is 0. The molecule has 1 unspecified atom stereocenters. The van der Waals surface area contributed by atoms with E-state index >= 15 is 0 Å². The van der Waals surface area contributed by atoms with Crippen LogP contribution in [0.1, 0.15) is 233 Å². The van der Waals surface area contributed by atoms with Crippen LogP contribution >= 0.6 is 0 Å². The van der Waals surface area contributed by atoms with Gasteiger partial charge >= 0.3 is 17.9 Å². The highest BCUT2D eigenvalue weighted by atomic mass is 16.6. The first-order chi connectivity index (χ1) is 36.5. The van der Waals surface area contributed by atoms with Crippen LogP contribution in [0.4, 0.5) is 0 Å². The summed E-state index contributed by atoms with van der Waals surface area (Å²) in [6.07, 6.45) is 88.1. The molecule has 0 aromatic rings. The number of hydrogen-bond acceptors (Lipinski definition) is 6. The number of hydrogen-bond donors (Lipinski definition) is 0. The summed E-state index contributed by atoms with van der Waals surface area (Å²) >= 11 is 0. The first-order valence-corrected chi connectivity index (χ1v) is 29.5. The third-order valence-electron chi connectivity index (χ3n) is 11.9. The van der Waals surface area contributed by atoms with Crippen LogP contribution in [0, 0.1) is 0 Å². The van der Waals surface area contributed by atoms with Gasteiger partial charge in [0, 0.05) is 19.3 Å². The molecule has 0 spiro atoms. The van der Waals surface area contributed by atoms with Crippen LogP contribution in [0.2, 0.25) is 0 Å². The van der Waals surface area contributed by atoms with Gasteiger partial charge in [-0.05, 0) is 116 Å². The maximum Gasteiger partial charge on any atom is 0.306 e. The molecule has 0 aliphatic carbocycles. The zero-order valence-electron chi connectivity index (χ0n) is 47.3. The van der Waals surface area contributed by atoms with Crippen molar-refractivity contribution in [1.29, 1.82) is 0 Å². The van der Waals surface area contributed by atoms with Crippen LogP contribution in [0.3, 0.4) is 0 Å². The van der Waals surface area contributed by atoms with Crippen LogP contribution < -0.4 is 0 Å². The number of allylic oxidation sites excluding steroid dienone is 26. The molecule has 0 heterocycles. The monoisotopic (exact) mass is 1020 g/mol. The van der Waals surface area contributed by atoms with Gasteiger partial charge in [0.2, 0.25) is 0 Å². The molecule has 74 heavy (non-hydrogen) atoms. The quantitative estimate of drug-likeness (QED) is 0.0199. The Morgan fingerprint density at radius 3 is 1.03 bits per heavy atom. The molecular formula is C68H106O6. The van der Waals surface area contributed by atoms with Gasteiger partial charge in [0.1, 0.15) is 13.2 Å². The van der Waals surface area contributed by atoms with E-state index in [4.69, 9.17) is 14.2 Å². The number of carbonyl (C=O) groups is 3. The number of esters is 3. The first kappa shape index (κ1) is 69.0. The second-order valence-electron chi connectivity index (χ2n) is 18.9. The molecule has 6 heteroatoms. The lowest BCUT2D eigenvalue weighted by atomic mass is 10.1. The molecule has 0 aliphatic heterocycles. The second-order valence-corrected chi connectivity index (χ2v) is 18.9. The maximum atomic E-state index is 12.9. The van der Waals surface area contributed by atoms with Crippen molar-refractivity contribution in [2.24, 2.45) is 0 Å². The van der Waals surface area contributed by atoms with Gasteiger partial charge in [-0.25, -0.2) is 0 Å². The largest absolute Gasteiger partial charge is 0.462 e. The molecule has 0 aliphatic rings. The van der Waals surface area contributed by atoms with E-state index in [1.165, 1.54) is 57.8 Å². The summed E-state index contributed by atoms with van der Waals surface area (Å²) in [6.45, 7) is 6.28. The average molecular weight is 1020 g/mol. The van der Waals surface area contributed by atoms with Crippen molar-refractivity contribution in [2.75, 3.05) is 13.2 Å². The lowest BCUT2D eigenvalue weighted by Crippen LogP contribution is -2.30. The van der Waals surface area contributed by atoms with Crippen molar-refractivity contribution in [3.8, 4) is 0 Å². The minimum Gasteiger partial charge on any atom is -0.462 e. The summed E-state index contributed by atoms with van der Waals surface area (Å²) in [5, 5.41) is 0. The van der Waals surface area contributed by atoms with Gasteiger partial charge in [0.05, 0.1) is 0 Å². The molecule has 0 N–H and O–H groups in total. The fourth-order valence-electron chi connectivity index (χ4n) is 7.49. The topological polar surface area (TPSA) is 78.9 Å². The van der Waals surface area contributed by atoms with Gasteiger partial charge in [-0.15, -0.1) is 0 Å². The maximum absolute atomic E-state index is 12.9. The fourth-order valence-corrected chi connectivity index (χ4v) is 7.49. The normalized spacial score (nSPS) is 13.3. The lowest BCUT2D eigenvalue weighted by Gasteiger charge is -2.18. The molecule has 414 valence electrons. The minimum absolute atomic E-state index is 0.123. The first-order valence-electron chi connectivity index (χ1n) is 29.5. The summed E-state index contributed by atoms with van der Waals surface area (Å²) < 4.78 is 16.8. The molecule has 0 saturated heterocycles. The van der Waals surface area contributed by atoms with Gasteiger partial charge < -0.3 is 14.2 Å². The number of carbonyl (C=O) groups excluding carboxylic acids is 3. The summed E-state index contributed by atoms with van der Waals surface area (Å²) in [4.78, 5) is 38.2. The Hall–Kier alpha value is -4.97. The van der Waals surface area contributed by atoms with Gasteiger partial charge in [0.15, 0.2) is 6.10 Å². The Balaban J connectivity index is 4.59. The summed E-state index contributed by atoms with van der Waals surface area (Å²) in [5.74, 6) is -1.04. The van der Waals surface area contributed by atoms with E-state index < -0.39 is 6.10 Å². The zero-order chi connectivity index (χ0) is 53.6. The lowest BCUT2D eigenvalue weighted by molar-refractivity contribution is -0.166. The van der Waals surface area contributed by atoms with Crippen molar-refractivity contribution < 1.29 is 28.6 Å². The fraction of sp³-hybridized carbons (Fsp3) is 0.574. The minimum atomic E-state index is -0.831. The van der Waals surface area contributed by atoms with E-state index in [0.29, 0.717) is 19.3 Å². The summed E-state index contributed by atoms with van der Waals surface area (Å²) in [6, 6.07) is 0. The van der Waals surface area contributed by atoms with Crippen molar-refractivity contribution in [1.82, 2.24) is 0 Å². The molecule has 1 atom stereocenters. The second kappa shape index (κ2) is 60.6. The highest BCUT2D eigenvalue weighted by Gasteiger charge is 2.19. The van der Waals surface area contributed by atoms with E-state index in [9.17, 15) is 14.4 Å². The van der Waals surface area contributed by atoms with Crippen LogP contribution in [0.25, 0.3) is 0 Å². The Morgan fingerprint density at radius 1 is 0.297 bits per heavy atom. The SMILES string of the molecule is CC/C=C\C/C=C\C/C=C\C/C=C\C/C=C\C/C=C\CCC(=O)OCC(COC(=O)CCCCCCC\C=C/C=C\C=C/C=C\CCCCC)OC(=O)CCCCCCCCCCC/C=C\C/C=C\C/C=C\CC. The molecule has 0 saturated carbocycles. The van der Waals surface area contributed by atoms with Gasteiger partial charge in [-0.3, -0.25) is 14.4 Å². The van der Waals surface area contributed by atoms with E-state index in [1.54, 1.807) is 0 Å². The van der Waals surface area contributed by atoms with E-state index in [1.807, 2.05) is 12.2 Å². The number of rotatable bonds is 51. The molecule has 0 radical (unpaired) electrons. The molecule has 0 amide bonds. The third-order valence-corrected chi connectivity index (χ3v) is 11.9. The van der Waals surface area contributed by atoms with Crippen molar-refractivity contribution in [3.63, 3.8) is 0 Å². The van der Waals surface area contributed by atoms with Crippen LogP contribution in [0.5, 0.6) is 0 Å². The molecular weight excluding hydrogens is 913 g/mol. The number of unbranched alkanes of at least 4 members (excludes halogenated alkanes) is 17. The van der Waals surface area contributed by atoms with E-state index in [-0.39, 0.29) is 37.5 Å². The predicted molar refractivity (Wildman–Crippen MR) is 320 cm³/mol. The Morgan fingerprint density at radius 2 is 0.608 bits per heavy atom. The standard InChI is InChI=1S/C68H106O6/c1-4-7-10-13-16-19-22-25-28-31-34-37-40-43-46-49-52-55-58-61-67(70)73-64-65(63-72-66(69)60-57-54-51-48-45-42-39-36-33-30-27-24-21-18-15-12-9-6-3)74-68(71)62-59-56-53-50-47-44-41-38-35-32-29-26-23-20-17-14-11-8-5-2/h7-8,10-11,16-21,24-30,33-34,36-37,39,43,46,52,55,65H,4-6,9,12-15,22-23,31-32,35,38,40-42,44-45,47-51,53-54,56-64H2,1-3H3/b10-7-,11-8-,19-16-,20-17-,21-18-,27-24-,28-25-,29-26-,33-30-,37-34-,39-36-,46-43-,55-52-. The molecule has 6 nitrogen and oxygen atoms in total. The Kier molecular flexibility index (Phi) is 56.5. The molecule has 0 rings (SSSR count). The van der Waals surface area contributed by atoms with Crippen LogP contribution in [-0.4, -0.2) is 37.2 Å². The third kappa shape index (κ3) is 57.9. The van der Waals surface area contributed by atoms with E-state index in [2.05, 4.69) is 167 Å². The van der Waals surface area contributed by atoms with Gasteiger partial charge in [-0.1, -0.05) is 256 Å². The van der Waals surface area contributed by atoms with Gasteiger partial charge in [-0.2, -0.15) is 0 Å². The van der Waals surface area contributed by atoms with E-state index in [0.717, 1.165) is 128 Å². The van der Waals surface area contributed by atoms with Gasteiger partial charge in [0.25, 0.3) is 0 Å². The average Bonchev–Trinajstić information content (AvgIpc) is 3.40. The van der Waals surface area contributed by atoms with Crippen molar-refractivity contribution in [2.45, 2.75) is 239 Å².